The summed E-state index contributed by atoms with van der Waals surface area (Å²) >= 11 is 3.27. The molecule has 1 aromatic heterocycles. The van der Waals surface area contributed by atoms with Gasteiger partial charge in [-0.3, -0.25) is 9.78 Å². The number of nitrogens with zero attached hydrogens (tertiary/aromatic N) is 2. The van der Waals surface area contributed by atoms with Crippen LogP contribution in [0.4, 0.5) is 0 Å². The Morgan fingerprint density at radius 3 is 2.31 bits per heavy atom. The van der Waals surface area contributed by atoms with Crippen LogP contribution in [0.3, 0.4) is 0 Å². The molecule has 1 atom stereocenters. The number of hydrogen-bond acceptors (Lipinski definition) is 5. The topological polar surface area (TPSA) is 76.6 Å². The minimum absolute atomic E-state index is 0.0975. The van der Waals surface area contributed by atoms with E-state index in [-0.39, 0.29) is 4.90 Å². The van der Waals surface area contributed by atoms with E-state index in [1.54, 1.807) is 36.5 Å². The quantitative estimate of drug-likeness (QED) is 0.486. The summed E-state index contributed by atoms with van der Waals surface area (Å²) in [5.74, 6) is -0.673. The average Bonchev–Trinajstić information content (AvgIpc) is 2.73. The lowest BCUT2D eigenvalue weighted by Gasteiger charge is -2.21. The Hall–Kier alpha value is -2.55. The van der Waals surface area contributed by atoms with Gasteiger partial charge in [0, 0.05) is 17.7 Å². The Balaban J connectivity index is 1.77. The van der Waals surface area contributed by atoms with Crippen LogP contribution in [0.2, 0.25) is 0 Å². The smallest absolute Gasteiger partial charge is 0.322 e. The zero-order valence-corrected chi connectivity index (χ0v) is 18.0. The second-order valence-corrected chi connectivity index (χ2v) is 9.21. The number of esters is 1. The first-order chi connectivity index (χ1) is 13.9. The summed E-state index contributed by atoms with van der Waals surface area (Å²) in [6.45, 7) is -0.422. The number of benzene rings is 2. The van der Waals surface area contributed by atoms with Crippen molar-refractivity contribution in [3.63, 3.8) is 0 Å². The molecule has 8 heteroatoms. The molecular formula is C21H19BrN2O4S. The largest absolute Gasteiger partial charge is 0.450 e. The van der Waals surface area contributed by atoms with E-state index in [9.17, 15) is 13.2 Å². The summed E-state index contributed by atoms with van der Waals surface area (Å²) in [4.78, 5) is 17.0. The van der Waals surface area contributed by atoms with Crippen molar-refractivity contribution in [2.75, 3.05) is 13.6 Å². The molecule has 0 saturated heterocycles. The Kier molecular flexibility index (Phi) is 6.79. The van der Waals surface area contributed by atoms with Crippen LogP contribution in [0, 0.1) is 0 Å². The second kappa shape index (κ2) is 9.30. The predicted octanol–water partition coefficient (Wildman–Crippen LogP) is 3.80. The van der Waals surface area contributed by atoms with Crippen molar-refractivity contribution >= 4 is 31.9 Å². The summed E-state index contributed by atoms with van der Waals surface area (Å²) in [5, 5.41) is 0. The Morgan fingerprint density at radius 1 is 1.03 bits per heavy atom. The molecule has 1 heterocycles. The molecule has 0 aliphatic rings. The third-order valence-corrected chi connectivity index (χ3v) is 6.53. The first-order valence-electron chi connectivity index (χ1n) is 8.75. The molecule has 1 unspecified atom stereocenters. The summed E-state index contributed by atoms with van der Waals surface area (Å²) in [7, 11) is -2.48. The third kappa shape index (κ3) is 5.29. The van der Waals surface area contributed by atoms with Gasteiger partial charge in [-0.05, 0) is 42.0 Å². The van der Waals surface area contributed by atoms with E-state index in [0.29, 0.717) is 5.69 Å². The number of carbonyl (C=O) groups excluding carboxylic acids is 1. The fourth-order valence-electron chi connectivity index (χ4n) is 2.68. The highest BCUT2D eigenvalue weighted by Crippen LogP contribution is 2.25. The average molecular weight is 475 g/mol. The van der Waals surface area contributed by atoms with Gasteiger partial charge in [0.25, 0.3) is 0 Å². The number of carbonyl (C=O) groups is 1. The van der Waals surface area contributed by atoms with Crippen molar-refractivity contribution in [2.45, 2.75) is 11.0 Å². The molecule has 0 amide bonds. The molecular weight excluding hydrogens is 456 g/mol. The van der Waals surface area contributed by atoms with Crippen LogP contribution in [0.1, 0.15) is 17.4 Å². The molecule has 0 aliphatic carbocycles. The molecule has 0 radical (unpaired) electrons. The maximum absolute atomic E-state index is 12.7. The van der Waals surface area contributed by atoms with E-state index in [1.165, 1.54) is 19.2 Å². The molecule has 0 saturated carbocycles. The van der Waals surface area contributed by atoms with Gasteiger partial charge in [-0.2, -0.15) is 4.31 Å². The van der Waals surface area contributed by atoms with Gasteiger partial charge in [-0.1, -0.05) is 52.3 Å². The van der Waals surface area contributed by atoms with Gasteiger partial charge in [0.1, 0.15) is 6.54 Å². The van der Waals surface area contributed by atoms with Crippen LogP contribution >= 0.6 is 15.9 Å². The number of sulfonamides is 1. The molecule has 3 aromatic rings. The molecule has 6 nitrogen and oxygen atoms in total. The fraction of sp³-hybridized carbons (Fsp3) is 0.143. The summed E-state index contributed by atoms with van der Waals surface area (Å²) < 4.78 is 32.8. The molecule has 0 fully saturated rings. The number of aromatic nitrogens is 1. The van der Waals surface area contributed by atoms with E-state index < -0.39 is 28.6 Å². The first kappa shape index (κ1) is 21.2. The van der Waals surface area contributed by atoms with Crippen LogP contribution < -0.4 is 0 Å². The summed E-state index contributed by atoms with van der Waals surface area (Å²) in [5.41, 5.74) is 1.31. The Labute approximate surface area is 178 Å². The van der Waals surface area contributed by atoms with E-state index in [0.717, 1.165) is 14.3 Å². The van der Waals surface area contributed by atoms with Gasteiger partial charge in [0.05, 0.1) is 10.6 Å². The standard InChI is InChI=1S/C21H19BrN2O4S/c1-24(29(26,27)18-12-10-17(22)11-13-18)15-20(25)28-21(16-7-3-2-4-8-16)19-9-5-6-14-23-19/h2-14,21H,15H2,1H3. The molecule has 3 rings (SSSR count). The lowest BCUT2D eigenvalue weighted by Crippen LogP contribution is -2.33. The zero-order chi connectivity index (χ0) is 20.9. The Morgan fingerprint density at radius 2 is 1.69 bits per heavy atom. The van der Waals surface area contributed by atoms with Crippen molar-refractivity contribution in [1.82, 2.24) is 9.29 Å². The summed E-state index contributed by atoms with van der Waals surface area (Å²) in [6.07, 6.45) is 0.886. The number of rotatable bonds is 7. The molecule has 0 spiro atoms. The Bertz CT molecular complexity index is 1020. The molecule has 0 N–H and O–H groups in total. The van der Waals surface area contributed by atoms with Crippen molar-refractivity contribution in [1.29, 1.82) is 0 Å². The van der Waals surface area contributed by atoms with E-state index >= 15 is 0 Å². The van der Waals surface area contributed by atoms with Gasteiger partial charge >= 0.3 is 5.97 Å². The number of likely N-dealkylation sites (N-methyl/N-ethyl adjacent to an activating group) is 1. The zero-order valence-electron chi connectivity index (χ0n) is 15.6. The molecule has 0 aliphatic heterocycles. The third-order valence-electron chi connectivity index (χ3n) is 4.18. The molecule has 2 aromatic carbocycles. The maximum atomic E-state index is 12.7. The fourth-order valence-corrected chi connectivity index (χ4v) is 4.06. The highest BCUT2D eigenvalue weighted by Gasteiger charge is 2.26. The van der Waals surface area contributed by atoms with Gasteiger partial charge in [0.2, 0.25) is 10.0 Å². The van der Waals surface area contributed by atoms with Crippen molar-refractivity contribution < 1.29 is 17.9 Å². The van der Waals surface area contributed by atoms with Crippen LogP contribution in [-0.4, -0.2) is 37.3 Å². The molecule has 29 heavy (non-hydrogen) atoms. The normalized spacial score (nSPS) is 12.5. The lowest BCUT2D eigenvalue weighted by molar-refractivity contribution is -0.147. The van der Waals surface area contributed by atoms with Crippen molar-refractivity contribution in [2.24, 2.45) is 0 Å². The maximum Gasteiger partial charge on any atom is 0.322 e. The predicted molar refractivity (Wildman–Crippen MR) is 113 cm³/mol. The minimum atomic E-state index is -3.82. The second-order valence-electron chi connectivity index (χ2n) is 6.25. The number of halogens is 1. The van der Waals surface area contributed by atoms with Gasteiger partial charge in [0.15, 0.2) is 6.10 Å². The molecule has 150 valence electrons. The molecule has 0 bridgehead atoms. The van der Waals surface area contributed by atoms with Crippen LogP contribution in [0.5, 0.6) is 0 Å². The van der Waals surface area contributed by atoms with E-state index in [1.807, 2.05) is 30.3 Å². The number of ether oxygens (including phenoxy) is 1. The van der Waals surface area contributed by atoms with Crippen molar-refractivity contribution in [3.8, 4) is 0 Å². The SMILES string of the molecule is CN(CC(=O)OC(c1ccccc1)c1ccccn1)S(=O)(=O)c1ccc(Br)cc1. The minimum Gasteiger partial charge on any atom is -0.450 e. The van der Waals surface area contributed by atoms with E-state index in [2.05, 4.69) is 20.9 Å². The van der Waals surface area contributed by atoms with Crippen LogP contribution in [-0.2, 0) is 19.6 Å². The number of pyridine rings is 1. The number of hydrogen-bond donors (Lipinski definition) is 0. The van der Waals surface area contributed by atoms with E-state index in [4.69, 9.17) is 4.74 Å². The van der Waals surface area contributed by atoms with Crippen LogP contribution in [0.25, 0.3) is 0 Å². The summed E-state index contributed by atoms with van der Waals surface area (Å²) in [6, 6.07) is 20.7. The van der Waals surface area contributed by atoms with Crippen molar-refractivity contribution in [3.05, 3.63) is 94.7 Å². The highest BCUT2D eigenvalue weighted by atomic mass is 79.9. The monoisotopic (exact) mass is 474 g/mol. The van der Waals surface area contributed by atoms with Gasteiger partial charge in [-0.15, -0.1) is 0 Å². The van der Waals surface area contributed by atoms with Gasteiger partial charge < -0.3 is 4.74 Å². The first-order valence-corrected chi connectivity index (χ1v) is 11.0. The lowest BCUT2D eigenvalue weighted by atomic mass is 10.1. The van der Waals surface area contributed by atoms with Crippen LogP contribution in [0.15, 0.2) is 88.4 Å². The van der Waals surface area contributed by atoms with Gasteiger partial charge in [-0.25, -0.2) is 8.42 Å². The highest BCUT2D eigenvalue weighted by molar-refractivity contribution is 9.10.